The minimum Gasteiger partial charge on any atom is -0.396 e. The van der Waals surface area contributed by atoms with Gasteiger partial charge in [-0.2, -0.15) is 0 Å². The fourth-order valence-electron chi connectivity index (χ4n) is 1.68. The summed E-state index contributed by atoms with van der Waals surface area (Å²) in [5.74, 6) is -0.522. The van der Waals surface area contributed by atoms with E-state index >= 15 is 0 Å². The van der Waals surface area contributed by atoms with Crippen molar-refractivity contribution in [1.82, 2.24) is 5.32 Å². The first-order valence-corrected chi connectivity index (χ1v) is 6.05. The van der Waals surface area contributed by atoms with Crippen LogP contribution in [-0.2, 0) is 10.2 Å². The Labute approximate surface area is 107 Å². The third-order valence-electron chi connectivity index (χ3n) is 3.05. The summed E-state index contributed by atoms with van der Waals surface area (Å²) < 4.78 is 13.2. The number of halogens is 1. The molecule has 1 atom stereocenters. The number of carbonyl (C=O) groups is 1. The van der Waals surface area contributed by atoms with E-state index in [1.54, 1.807) is 26.0 Å². The zero-order chi connectivity index (χ0) is 13.8. The molecule has 1 rings (SSSR count). The smallest absolute Gasteiger partial charge is 0.230 e. The number of hydrogen-bond donors (Lipinski definition) is 2. The second-order valence-electron chi connectivity index (χ2n) is 5.02. The van der Waals surface area contributed by atoms with Gasteiger partial charge in [0.2, 0.25) is 5.91 Å². The van der Waals surface area contributed by atoms with E-state index in [0.29, 0.717) is 12.0 Å². The highest BCUT2D eigenvalue weighted by molar-refractivity contribution is 5.87. The number of amides is 1. The lowest BCUT2D eigenvalue weighted by Gasteiger charge is -2.26. The first-order valence-electron chi connectivity index (χ1n) is 6.05. The molecule has 1 amide bonds. The summed E-state index contributed by atoms with van der Waals surface area (Å²) in [5.41, 5.74) is -0.164. The Balaban J connectivity index is 2.82. The van der Waals surface area contributed by atoms with E-state index in [2.05, 4.69) is 5.32 Å². The van der Waals surface area contributed by atoms with Crippen molar-refractivity contribution in [3.63, 3.8) is 0 Å². The summed E-state index contributed by atoms with van der Waals surface area (Å²) in [5, 5.41) is 11.6. The highest BCUT2D eigenvalue weighted by Gasteiger charge is 2.30. The minimum absolute atomic E-state index is 0.0296. The average molecular weight is 253 g/mol. The van der Waals surface area contributed by atoms with Gasteiger partial charge in [0.05, 0.1) is 5.41 Å². The van der Waals surface area contributed by atoms with Gasteiger partial charge in [0.15, 0.2) is 0 Å². The normalized spacial score (nSPS) is 13.2. The zero-order valence-corrected chi connectivity index (χ0v) is 11.0. The fourth-order valence-corrected chi connectivity index (χ4v) is 1.68. The predicted octanol–water partition coefficient (Wildman–Crippen LogP) is 1.99. The molecule has 4 heteroatoms. The molecule has 0 radical (unpaired) electrons. The van der Waals surface area contributed by atoms with E-state index in [4.69, 9.17) is 5.11 Å². The molecule has 3 nitrogen and oxygen atoms in total. The summed E-state index contributed by atoms with van der Waals surface area (Å²) in [6.07, 6.45) is 0.505. The number of benzene rings is 1. The molecule has 0 bridgehead atoms. The third kappa shape index (κ3) is 3.53. The summed E-state index contributed by atoms with van der Waals surface area (Å²) in [6.45, 7) is 5.36. The van der Waals surface area contributed by atoms with E-state index in [1.807, 2.05) is 6.92 Å². The van der Waals surface area contributed by atoms with Crippen LogP contribution in [-0.4, -0.2) is 23.7 Å². The molecular formula is C14H20FNO2. The lowest BCUT2D eigenvalue weighted by molar-refractivity contribution is -0.126. The van der Waals surface area contributed by atoms with Crippen LogP contribution in [0, 0.1) is 5.82 Å². The van der Waals surface area contributed by atoms with Gasteiger partial charge in [-0.15, -0.1) is 0 Å². The average Bonchev–Trinajstić information content (AvgIpc) is 2.29. The Morgan fingerprint density at radius 2 is 2.17 bits per heavy atom. The molecule has 18 heavy (non-hydrogen) atoms. The number of hydrogen-bond acceptors (Lipinski definition) is 2. The van der Waals surface area contributed by atoms with Crippen LogP contribution < -0.4 is 5.32 Å². The number of aliphatic hydroxyl groups is 1. The maximum Gasteiger partial charge on any atom is 0.230 e. The van der Waals surface area contributed by atoms with Crippen molar-refractivity contribution < 1.29 is 14.3 Å². The van der Waals surface area contributed by atoms with E-state index < -0.39 is 5.41 Å². The molecule has 0 aromatic heterocycles. The Morgan fingerprint density at radius 1 is 1.50 bits per heavy atom. The second-order valence-corrected chi connectivity index (χ2v) is 5.02. The number of rotatable bonds is 5. The van der Waals surface area contributed by atoms with Gasteiger partial charge >= 0.3 is 0 Å². The highest BCUT2D eigenvalue weighted by Crippen LogP contribution is 2.24. The van der Waals surface area contributed by atoms with Gasteiger partial charge in [-0.3, -0.25) is 4.79 Å². The van der Waals surface area contributed by atoms with Crippen molar-refractivity contribution in [2.24, 2.45) is 0 Å². The van der Waals surface area contributed by atoms with E-state index in [-0.39, 0.29) is 24.4 Å². The van der Waals surface area contributed by atoms with Gasteiger partial charge in [-0.05, 0) is 44.9 Å². The van der Waals surface area contributed by atoms with Gasteiger partial charge in [0, 0.05) is 12.6 Å². The lowest BCUT2D eigenvalue weighted by atomic mass is 9.83. The molecule has 1 aromatic rings. The SMILES string of the molecule is CC(CCO)NC(=O)C(C)(C)c1cccc(F)c1. The third-order valence-corrected chi connectivity index (χ3v) is 3.05. The minimum atomic E-state index is -0.800. The van der Waals surface area contributed by atoms with Crippen molar-refractivity contribution in [2.75, 3.05) is 6.61 Å². The molecule has 1 aromatic carbocycles. The maximum atomic E-state index is 13.2. The van der Waals surface area contributed by atoms with E-state index in [1.165, 1.54) is 12.1 Å². The Hall–Kier alpha value is -1.42. The monoisotopic (exact) mass is 253 g/mol. The van der Waals surface area contributed by atoms with Crippen LogP contribution >= 0.6 is 0 Å². The Bertz CT molecular complexity index is 418. The Kier molecular flexibility index (Phi) is 4.84. The summed E-state index contributed by atoms with van der Waals surface area (Å²) >= 11 is 0. The second kappa shape index (κ2) is 5.96. The van der Waals surface area contributed by atoms with Gasteiger partial charge in [0.25, 0.3) is 0 Å². The Morgan fingerprint density at radius 3 is 2.72 bits per heavy atom. The van der Waals surface area contributed by atoms with Crippen molar-refractivity contribution in [3.05, 3.63) is 35.6 Å². The van der Waals surface area contributed by atoms with E-state index in [0.717, 1.165) is 0 Å². The number of nitrogens with one attached hydrogen (secondary N) is 1. The molecule has 0 aliphatic heterocycles. The van der Waals surface area contributed by atoms with Crippen LogP contribution in [0.5, 0.6) is 0 Å². The van der Waals surface area contributed by atoms with Crippen LogP contribution in [0.15, 0.2) is 24.3 Å². The molecule has 0 fully saturated rings. The van der Waals surface area contributed by atoms with Crippen LogP contribution in [0.2, 0.25) is 0 Å². The van der Waals surface area contributed by atoms with Gasteiger partial charge in [0.1, 0.15) is 5.82 Å². The molecule has 0 saturated heterocycles. The van der Waals surface area contributed by atoms with Crippen molar-refractivity contribution in [1.29, 1.82) is 0 Å². The first-order chi connectivity index (χ1) is 8.37. The topological polar surface area (TPSA) is 49.3 Å². The molecule has 0 aliphatic rings. The van der Waals surface area contributed by atoms with Gasteiger partial charge < -0.3 is 10.4 Å². The summed E-state index contributed by atoms with van der Waals surface area (Å²) in [6, 6.07) is 5.95. The molecule has 1 unspecified atom stereocenters. The van der Waals surface area contributed by atoms with Gasteiger partial charge in [-0.1, -0.05) is 12.1 Å². The molecule has 0 spiro atoms. The molecule has 0 aliphatic carbocycles. The summed E-state index contributed by atoms with van der Waals surface area (Å²) in [7, 11) is 0. The quantitative estimate of drug-likeness (QED) is 0.843. The number of carbonyl (C=O) groups excluding carboxylic acids is 1. The standard InChI is InChI=1S/C14H20FNO2/c1-10(7-8-17)16-13(18)14(2,3)11-5-4-6-12(15)9-11/h4-6,9-10,17H,7-8H2,1-3H3,(H,16,18). The maximum absolute atomic E-state index is 13.2. The molecule has 0 heterocycles. The molecule has 2 N–H and O–H groups in total. The first kappa shape index (κ1) is 14.6. The zero-order valence-electron chi connectivity index (χ0n) is 11.0. The molecule has 100 valence electrons. The summed E-state index contributed by atoms with van der Waals surface area (Å²) in [4.78, 5) is 12.1. The van der Waals surface area contributed by atoms with Crippen molar-refractivity contribution >= 4 is 5.91 Å². The van der Waals surface area contributed by atoms with E-state index in [9.17, 15) is 9.18 Å². The van der Waals surface area contributed by atoms with Crippen LogP contribution in [0.3, 0.4) is 0 Å². The van der Waals surface area contributed by atoms with Gasteiger partial charge in [-0.25, -0.2) is 4.39 Å². The highest BCUT2D eigenvalue weighted by atomic mass is 19.1. The lowest BCUT2D eigenvalue weighted by Crippen LogP contribution is -2.44. The molecular weight excluding hydrogens is 233 g/mol. The van der Waals surface area contributed by atoms with Crippen molar-refractivity contribution in [2.45, 2.75) is 38.6 Å². The largest absolute Gasteiger partial charge is 0.396 e. The van der Waals surface area contributed by atoms with Crippen molar-refractivity contribution in [3.8, 4) is 0 Å². The predicted molar refractivity (Wildman–Crippen MR) is 68.7 cm³/mol. The fraction of sp³-hybridized carbons (Fsp3) is 0.500. The number of aliphatic hydroxyl groups excluding tert-OH is 1. The molecule has 0 saturated carbocycles. The van der Waals surface area contributed by atoms with Crippen LogP contribution in [0.25, 0.3) is 0 Å². The van der Waals surface area contributed by atoms with Crippen LogP contribution in [0.4, 0.5) is 4.39 Å². The van der Waals surface area contributed by atoms with Crippen LogP contribution in [0.1, 0.15) is 32.8 Å².